The van der Waals surface area contributed by atoms with E-state index in [4.69, 9.17) is 5.73 Å². The number of rotatable bonds is 2. The Morgan fingerprint density at radius 3 is 2.67 bits per heavy atom. The Morgan fingerprint density at radius 2 is 2.08 bits per heavy atom. The Kier molecular flexibility index (Phi) is 1.89. The molecule has 1 fully saturated rings. The highest BCUT2D eigenvalue weighted by atomic mass is 14.7. The van der Waals surface area contributed by atoms with E-state index < -0.39 is 0 Å². The van der Waals surface area contributed by atoms with E-state index in [0.717, 1.165) is 5.92 Å². The van der Waals surface area contributed by atoms with Gasteiger partial charge in [-0.25, -0.2) is 0 Å². The average molecular weight is 161 g/mol. The molecule has 0 bridgehead atoms. The summed E-state index contributed by atoms with van der Waals surface area (Å²) in [4.78, 5) is 0. The summed E-state index contributed by atoms with van der Waals surface area (Å²) in [7, 11) is 0. The number of nitrogens with two attached hydrogens (primary N) is 1. The third-order valence-corrected chi connectivity index (χ3v) is 2.72. The van der Waals surface area contributed by atoms with Gasteiger partial charge in [0, 0.05) is 6.04 Å². The van der Waals surface area contributed by atoms with Gasteiger partial charge in [-0.3, -0.25) is 0 Å². The predicted octanol–water partition coefficient (Wildman–Crippen LogP) is 1.88. The van der Waals surface area contributed by atoms with Crippen molar-refractivity contribution in [2.45, 2.75) is 25.8 Å². The van der Waals surface area contributed by atoms with E-state index >= 15 is 0 Å². The van der Waals surface area contributed by atoms with Gasteiger partial charge in [0.25, 0.3) is 0 Å². The largest absolute Gasteiger partial charge is 0.327 e. The molecule has 1 aromatic carbocycles. The van der Waals surface area contributed by atoms with Gasteiger partial charge in [-0.15, -0.1) is 0 Å². The van der Waals surface area contributed by atoms with Crippen LogP contribution in [0.2, 0.25) is 0 Å². The molecule has 0 aromatic heterocycles. The molecule has 64 valence electrons. The van der Waals surface area contributed by atoms with Crippen molar-refractivity contribution >= 4 is 0 Å². The highest BCUT2D eigenvalue weighted by molar-refractivity contribution is 5.27. The van der Waals surface area contributed by atoms with Crippen LogP contribution < -0.4 is 5.73 Å². The van der Waals surface area contributed by atoms with Crippen molar-refractivity contribution in [2.75, 3.05) is 0 Å². The zero-order chi connectivity index (χ0) is 8.55. The maximum atomic E-state index is 5.76. The Bertz CT molecular complexity index is 280. The summed E-state index contributed by atoms with van der Waals surface area (Å²) in [5, 5.41) is 0. The first kappa shape index (κ1) is 7.81. The maximum absolute atomic E-state index is 5.76. The summed E-state index contributed by atoms with van der Waals surface area (Å²) in [6, 6.07) is 9.05. The third kappa shape index (κ3) is 1.51. The Labute approximate surface area is 73.6 Å². The minimum absolute atomic E-state index is 0.476. The first-order valence-electron chi connectivity index (χ1n) is 4.57. The second-order valence-corrected chi connectivity index (χ2v) is 3.79. The molecule has 1 aliphatic carbocycles. The lowest BCUT2D eigenvalue weighted by atomic mass is 10.0. The van der Waals surface area contributed by atoms with Gasteiger partial charge in [-0.2, -0.15) is 0 Å². The predicted molar refractivity (Wildman–Crippen MR) is 51.0 cm³/mol. The third-order valence-electron chi connectivity index (χ3n) is 2.72. The quantitative estimate of drug-likeness (QED) is 0.704. The topological polar surface area (TPSA) is 26.0 Å². The zero-order valence-electron chi connectivity index (χ0n) is 7.46. The molecule has 12 heavy (non-hydrogen) atoms. The second-order valence-electron chi connectivity index (χ2n) is 3.79. The second kappa shape index (κ2) is 2.91. The van der Waals surface area contributed by atoms with Crippen LogP contribution in [-0.4, -0.2) is 6.04 Å². The minimum Gasteiger partial charge on any atom is -0.327 e. The van der Waals surface area contributed by atoms with Gasteiger partial charge in [0.05, 0.1) is 0 Å². The van der Waals surface area contributed by atoms with Crippen molar-refractivity contribution in [3.05, 3.63) is 35.4 Å². The van der Waals surface area contributed by atoms with E-state index in [1.165, 1.54) is 24.0 Å². The normalized spacial score (nSPS) is 27.2. The average Bonchev–Trinajstić information content (AvgIpc) is 2.72. The lowest BCUT2D eigenvalue weighted by molar-refractivity contribution is 0.782. The van der Waals surface area contributed by atoms with Gasteiger partial charge in [0.2, 0.25) is 0 Å². The molecule has 0 spiro atoms. The summed E-state index contributed by atoms with van der Waals surface area (Å²) in [6.45, 7) is 2.17. The molecule has 2 unspecified atom stereocenters. The van der Waals surface area contributed by atoms with Crippen molar-refractivity contribution < 1.29 is 0 Å². The zero-order valence-corrected chi connectivity index (χ0v) is 7.46. The standard InChI is InChI=1S/C11H15N/c1-8-4-2-3-5-9(8)6-10-7-11(10)12/h2-5,10-11H,6-7,12H2,1H3. The van der Waals surface area contributed by atoms with E-state index in [9.17, 15) is 0 Å². The molecule has 2 rings (SSSR count). The van der Waals surface area contributed by atoms with E-state index in [1.807, 2.05) is 0 Å². The van der Waals surface area contributed by atoms with Gasteiger partial charge >= 0.3 is 0 Å². The molecule has 0 saturated heterocycles. The fourth-order valence-electron chi connectivity index (χ4n) is 1.63. The molecule has 0 heterocycles. The smallest absolute Gasteiger partial charge is 0.00742 e. The van der Waals surface area contributed by atoms with Crippen LogP contribution in [0.5, 0.6) is 0 Å². The van der Waals surface area contributed by atoms with Crippen LogP contribution in [0.3, 0.4) is 0 Å². The number of aryl methyl sites for hydroxylation is 1. The highest BCUT2D eigenvalue weighted by Crippen LogP contribution is 2.32. The molecule has 0 aliphatic heterocycles. The molecule has 0 amide bonds. The Hall–Kier alpha value is -0.820. The van der Waals surface area contributed by atoms with Crippen molar-refractivity contribution in [2.24, 2.45) is 11.7 Å². The lowest BCUT2D eigenvalue weighted by Crippen LogP contribution is -2.04. The fraction of sp³-hybridized carbons (Fsp3) is 0.455. The highest BCUT2D eigenvalue weighted by Gasteiger charge is 2.33. The number of hydrogen-bond acceptors (Lipinski definition) is 1. The molecule has 2 atom stereocenters. The van der Waals surface area contributed by atoms with Gasteiger partial charge in [-0.05, 0) is 36.8 Å². The molecule has 1 aliphatic rings. The number of benzene rings is 1. The van der Waals surface area contributed by atoms with E-state index in [1.54, 1.807) is 0 Å². The van der Waals surface area contributed by atoms with Gasteiger partial charge in [0.15, 0.2) is 0 Å². The van der Waals surface area contributed by atoms with Crippen LogP contribution in [0.15, 0.2) is 24.3 Å². The van der Waals surface area contributed by atoms with Crippen molar-refractivity contribution in [1.29, 1.82) is 0 Å². The molecular formula is C11H15N. The summed E-state index contributed by atoms with van der Waals surface area (Å²) < 4.78 is 0. The van der Waals surface area contributed by atoms with Crippen LogP contribution in [0.4, 0.5) is 0 Å². The number of hydrogen-bond donors (Lipinski definition) is 1. The van der Waals surface area contributed by atoms with Crippen molar-refractivity contribution in [1.82, 2.24) is 0 Å². The SMILES string of the molecule is Cc1ccccc1CC1CC1N. The van der Waals surface area contributed by atoms with Gasteiger partial charge < -0.3 is 5.73 Å². The summed E-state index contributed by atoms with van der Waals surface area (Å²) in [5.41, 5.74) is 8.63. The molecule has 0 radical (unpaired) electrons. The minimum atomic E-state index is 0.476. The molecule has 1 aromatic rings. The summed E-state index contributed by atoms with van der Waals surface area (Å²) in [6.07, 6.45) is 2.39. The van der Waals surface area contributed by atoms with Crippen LogP contribution in [-0.2, 0) is 6.42 Å². The lowest BCUT2D eigenvalue weighted by Gasteiger charge is -2.03. The summed E-state index contributed by atoms with van der Waals surface area (Å²) in [5.74, 6) is 0.756. The molecule has 1 saturated carbocycles. The van der Waals surface area contributed by atoms with Gasteiger partial charge in [-0.1, -0.05) is 24.3 Å². The van der Waals surface area contributed by atoms with Crippen LogP contribution >= 0.6 is 0 Å². The van der Waals surface area contributed by atoms with Crippen LogP contribution in [0.25, 0.3) is 0 Å². The first-order valence-corrected chi connectivity index (χ1v) is 4.57. The van der Waals surface area contributed by atoms with Crippen LogP contribution in [0, 0.1) is 12.8 Å². The molecule has 1 nitrogen and oxygen atoms in total. The fourth-order valence-corrected chi connectivity index (χ4v) is 1.63. The first-order chi connectivity index (χ1) is 5.77. The Morgan fingerprint density at radius 1 is 1.42 bits per heavy atom. The van der Waals surface area contributed by atoms with Crippen molar-refractivity contribution in [3.8, 4) is 0 Å². The monoisotopic (exact) mass is 161 g/mol. The van der Waals surface area contributed by atoms with E-state index in [-0.39, 0.29) is 0 Å². The maximum Gasteiger partial charge on any atom is 0.00742 e. The molecule has 2 N–H and O–H groups in total. The van der Waals surface area contributed by atoms with Crippen molar-refractivity contribution in [3.63, 3.8) is 0 Å². The summed E-state index contributed by atoms with van der Waals surface area (Å²) >= 11 is 0. The molecular weight excluding hydrogens is 146 g/mol. The molecule has 1 heteroatoms. The van der Waals surface area contributed by atoms with E-state index in [2.05, 4.69) is 31.2 Å². The Balaban J connectivity index is 2.08. The van der Waals surface area contributed by atoms with E-state index in [0.29, 0.717) is 6.04 Å². The van der Waals surface area contributed by atoms with Gasteiger partial charge in [0.1, 0.15) is 0 Å². The van der Waals surface area contributed by atoms with Crippen LogP contribution in [0.1, 0.15) is 17.5 Å².